The fourth-order valence-corrected chi connectivity index (χ4v) is 1.46. The molecule has 2 nitrogen and oxygen atoms in total. The van der Waals surface area contributed by atoms with E-state index in [0.29, 0.717) is 12.5 Å². The average Bonchev–Trinajstić information content (AvgIpc) is 2.30. The Morgan fingerprint density at radius 1 is 1.58 bits per heavy atom. The third kappa shape index (κ3) is 2.08. The van der Waals surface area contributed by atoms with Gasteiger partial charge < -0.3 is 9.84 Å². The lowest BCUT2D eigenvalue weighted by Crippen LogP contribution is -2.35. The summed E-state index contributed by atoms with van der Waals surface area (Å²) in [5.41, 5.74) is 0.436. The lowest BCUT2D eigenvalue weighted by Gasteiger charge is -2.24. The summed E-state index contributed by atoms with van der Waals surface area (Å²) in [5.74, 6) is 0.432. The first-order valence-electron chi connectivity index (χ1n) is 4.40. The van der Waals surface area contributed by atoms with Crippen molar-refractivity contribution >= 4 is 0 Å². The summed E-state index contributed by atoms with van der Waals surface area (Å²) in [6, 6.07) is 0. The number of hydrogen-bond donors (Lipinski definition) is 1. The fraction of sp³-hybridized carbons (Fsp3) is 0.800. The minimum absolute atomic E-state index is 0.0285. The first kappa shape index (κ1) is 9.75. The predicted molar refractivity (Wildman–Crippen MR) is 49.0 cm³/mol. The van der Waals surface area contributed by atoms with Crippen molar-refractivity contribution in [1.29, 1.82) is 0 Å². The SMILES string of the molecule is C=C(C)[C@@H]1CO[C@H](C(C)(C)O)C1. The molecule has 1 aliphatic heterocycles. The molecule has 0 radical (unpaired) electrons. The molecular weight excluding hydrogens is 152 g/mol. The molecule has 2 heteroatoms. The monoisotopic (exact) mass is 170 g/mol. The summed E-state index contributed by atoms with van der Waals surface area (Å²) < 4.78 is 5.48. The van der Waals surface area contributed by atoms with Crippen LogP contribution in [0.25, 0.3) is 0 Å². The molecule has 1 fully saturated rings. The summed E-state index contributed by atoms with van der Waals surface area (Å²) in [5, 5.41) is 9.66. The van der Waals surface area contributed by atoms with Crippen molar-refractivity contribution in [2.24, 2.45) is 5.92 Å². The van der Waals surface area contributed by atoms with Crippen molar-refractivity contribution in [3.05, 3.63) is 12.2 Å². The highest BCUT2D eigenvalue weighted by Gasteiger charge is 2.35. The summed E-state index contributed by atoms with van der Waals surface area (Å²) in [6.45, 7) is 10.2. The third-order valence-corrected chi connectivity index (χ3v) is 2.48. The summed E-state index contributed by atoms with van der Waals surface area (Å²) in [6.07, 6.45) is 0.873. The molecule has 0 aromatic heterocycles. The second-order valence-electron chi connectivity index (χ2n) is 4.25. The van der Waals surface area contributed by atoms with Crippen LogP contribution in [0.3, 0.4) is 0 Å². The second kappa shape index (κ2) is 3.19. The van der Waals surface area contributed by atoms with E-state index in [1.165, 1.54) is 0 Å². The van der Waals surface area contributed by atoms with Crippen LogP contribution in [0.5, 0.6) is 0 Å². The maximum absolute atomic E-state index is 9.66. The molecule has 0 bridgehead atoms. The van der Waals surface area contributed by atoms with Crippen LogP contribution in [0, 0.1) is 5.92 Å². The van der Waals surface area contributed by atoms with Crippen molar-refractivity contribution in [1.82, 2.24) is 0 Å². The summed E-state index contributed by atoms with van der Waals surface area (Å²) in [7, 11) is 0. The van der Waals surface area contributed by atoms with E-state index in [4.69, 9.17) is 4.74 Å². The van der Waals surface area contributed by atoms with Crippen LogP contribution in [0.4, 0.5) is 0 Å². The van der Waals surface area contributed by atoms with E-state index in [0.717, 1.165) is 12.0 Å². The molecule has 12 heavy (non-hydrogen) atoms. The maximum atomic E-state index is 9.66. The van der Waals surface area contributed by atoms with Gasteiger partial charge in [0.15, 0.2) is 0 Å². The Morgan fingerprint density at radius 2 is 2.17 bits per heavy atom. The standard InChI is InChI=1S/C10H18O2/c1-7(2)8-5-9(12-6-8)10(3,4)11/h8-9,11H,1,5-6H2,2-4H3/t8-,9-/m0/s1. The van der Waals surface area contributed by atoms with Crippen LogP contribution in [0.1, 0.15) is 27.2 Å². The van der Waals surface area contributed by atoms with Crippen LogP contribution in [0.15, 0.2) is 12.2 Å². The Balaban J connectivity index is 2.51. The van der Waals surface area contributed by atoms with Gasteiger partial charge in [-0.3, -0.25) is 0 Å². The van der Waals surface area contributed by atoms with E-state index in [9.17, 15) is 5.11 Å². The maximum Gasteiger partial charge on any atom is 0.0863 e. The van der Waals surface area contributed by atoms with Gasteiger partial charge in [-0.05, 0) is 27.2 Å². The van der Waals surface area contributed by atoms with Gasteiger partial charge in [0, 0.05) is 5.92 Å². The van der Waals surface area contributed by atoms with Gasteiger partial charge in [-0.15, -0.1) is 0 Å². The zero-order chi connectivity index (χ0) is 9.35. The minimum Gasteiger partial charge on any atom is -0.388 e. The number of rotatable bonds is 2. The highest BCUT2D eigenvalue weighted by molar-refractivity contribution is 5.01. The number of aliphatic hydroxyl groups is 1. The number of hydrogen-bond acceptors (Lipinski definition) is 2. The molecule has 1 rings (SSSR count). The van der Waals surface area contributed by atoms with Crippen LogP contribution in [-0.2, 0) is 4.74 Å². The van der Waals surface area contributed by atoms with Crippen LogP contribution in [0.2, 0.25) is 0 Å². The van der Waals surface area contributed by atoms with Gasteiger partial charge in [-0.2, -0.15) is 0 Å². The molecule has 0 spiro atoms. The second-order valence-corrected chi connectivity index (χ2v) is 4.25. The lowest BCUT2D eigenvalue weighted by atomic mass is 9.92. The quantitative estimate of drug-likeness (QED) is 0.640. The zero-order valence-corrected chi connectivity index (χ0v) is 8.13. The molecule has 0 saturated carbocycles. The first-order valence-corrected chi connectivity index (χ1v) is 4.40. The lowest BCUT2D eigenvalue weighted by molar-refractivity contribution is -0.0600. The Bertz CT molecular complexity index is 179. The topological polar surface area (TPSA) is 29.5 Å². The zero-order valence-electron chi connectivity index (χ0n) is 8.13. The number of ether oxygens (including phenoxy) is 1. The van der Waals surface area contributed by atoms with E-state index in [-0.39, 0.29) is 6.10 Å². The molecular formula is C10H18O2. The van der Waals surface area contributed by atoms with E-state index in [2.05, 4.69) is 6.58 Å². The van der Waals surface area contributed by atoms with Gasteiger partial charge >= 0.3 is 0 Å². The highest BCUT2D eigenvalue weighted by Crippen LogP contribution is 2.30. The van der Waals surface area contributed by atoms with Gasteiger partial charge in [-0.1, -0.05) is 12.2 Å². The molecule has 1 N–H and O–H groups in total. The summed E-state index contributed by atoms with van der Waals surface area (Å²) >= 11 is 0. The van der Waals surface area contributed by atoms with Crippen LogP contribution in [-0.4, -0.2) is 23.4 Å². The highest BCUT2D eigenvalue weighted by atomic mass is 16.5. The van der Waals surface area contributed by atoms with E-state index in [1.54, 1.807) is 13.8 Å². The van der Waals surface area contributed by atoms with E-state index in [1.807, 2.05) is 6.92 Å². The molecule has 1 aliphatic rings. The molecule has 70 valence electrons. The molecule has 0 aromatic rings. The van der Waals surface area contributed by atoms with Gasteiger partial charge in [-0.25, -0.2) is 0 Å². The van der Waals surface area contributed by atoms with Crippen molar-refractivity contribution in [3.63, 3.8) is 0 Å². The third-order valence-electron chi connectivity index (χ3n) is 2.48. The molecule has 0 aromatic carbocycles. The Kier molecular flexibility index (Phi) is 2.59. The molecule has 0 amide bonds. The van der Waals surface area contributed by atoms with E-state index < -0.39 is 5.60 Å². The van der Waals surface area contributed by atoms with Gasteiger partial charge in [0.25, 0.3) is 0 Å². The Labute approximate surface area is 74.2 Å². The normalized spacial score (nSPS) is 30.7. The summed E-state index contributed by atoms with van der Waals surface area (Å²) in [4.78, 5) is 0. The van der Waals surface area contributed by atoms with Crippen LogP contribution >= 0.6 is 0 Å². The van der Waals surface area contributed by atoms with E-state index >= 15 is 0 Å². The Hall–Kier alpha value is -0.340. The Morgan fingerprint density at radius 3 is 2.42 bits per heavy atom. The fourth-order valence-electron chi connectivity index (χ4n) is 1.46. The smallest absolute Gasteiger partial charge is 0.0863 e. The van der Waals surface area contributed by atoms with Crippen molar-refractivity contribution < 1.29 is 9.84 Å². The minimum atomic E-state index is -0.718. The van der Waals surface area contributed by atoms with Gasteiger partial charge in [0.05, 0.1) is 18.3 Å². The molecule has 0 unspecified atom stereocenters. The molecule has 2 atom stereocenters. The van der Waals surface area contributed by atoms with Crippen LogP contribution < -0.4 is 0 Å². The first-order chi connectivity index (χ1) is 5.41. The molecule has 1 saturated heterocycles. The van der Waals surface area contributed by atoms with Crippen molar-refractivity contribution in [3.8, 4) is 0 Å². The van der Waals surface area contributed by atoms with Gasteiger partial charge in [0.2, 0.25) is 0 Å². The largest absolute Gasteiger partial charge is 0.388 e. The van der Waals surface area contributed by atoms with Crippen molar-refractivity contribution in [2.75, 3.05) is 6.61 Å². The molecule has 1 heterocycles. The molecule has 0 aliphatic carbocycles. The van der Waals surface area contributed by atoms with Crippen molar-refractivity contribution in [2.45, 2.75) is 38.9 Å². The predicted octanol–water partition coefficient (Wildman–Crippen LogP) is 1.74. The van der Waals surface area contributed by atoms with Gasteiger partial charge in [0.1, 0.15) is 0 Å². The average molecular weight is 170 g/mol.